The Morgan fingerprint density at radius 3 is 2.30 bits per heavy atom. The Bertz CT molecular complexity index is 883. The smallest absolute Gasteiger partial charge is 0.337 e. The van der Waals surface area contributed by atoms with Gasteiger partial charge in [-0.3, -0.25) is 9.78 Å². The highest BCUT2D eigenvalue weighted by Crippen LogP contribution is 2.12. The van der Waals surface area contributed by atoms with Gasteiger partial charge in [-0.15, -0.1) is 0 Å². The maximum absolute atomic E-state index is 12.1. The second-order valence-corrected chi connectivity index (χ2v) is 7.80. The molecule has 0 unspecified atom stereocenters. The van der Waals surface area contributed by atoms with Crippen LogP contribution in [0, 0.1) is 0 Å². The number of hydrogen-bond acceptors (Lipinski definition) is 6. The maximum atomic E-state index is 12.1. The number of ether oxygens (including phenoxy) is 1. The fraction of sp³-hybridized carbons (Fsp3) is 0.278. The normalized spacial score (nSPS) is 11.2. The van der Waals surface area contributed by atoms with Crippen LogP contribution < -0.4 is 5.32 Å². The fourth-order valence-electron chi connectivity index (χ4n) is 2.31. The van der Waals surface area contributed by atoms with E-state index in [1.165, 1.54) is 23.5 Å². The van der Waals surface area contributed by atoms with Crippen molar-refractivity contribution in [3.63, 3.8) is 0 Å². The minimum Gasteiger partial charge on any atom is -0.465 e. The van der Waals surface area contributed by atoms with Crippen molar-refractivity contribution in [1.29, 1.82) is 0 Å². The third-order valence-electron chi connectivity index (χ3n) is 3.76. The van der Waals surface area contributed by atoms with Crippen LogP contribution in [0.4, 0.5) is 5.69 Å². The van der Waals surface area contributed by atoms with E-state index >= 15 is 0 Å². The Hall–Kier alpha value is -2.78. The first kappa shape index (κ1) is 20.5. The van der Waals surface area contributed by atoms with Gasteiger partial charge in [0.1, 0.15) is 0 Å². The highest BCUT2D eigenvalue weighted by molar-refractivity contribution is 7.88. The maximum Gasteiger partial charge on any atom is 0.337 e. The van der Waals surface area contributed by atoms with Gasteiger partial charge in [-0.25, -0.2) is 13.2 Å². The second-order valence-electron chi connectivity index (χ2n) is 5.82. The summed E-state index contributed by atoms with van der Waals surface area (Å²) < 4.78 is 29.8. The number of nitrogens with one attached hydrogen (secondary N) is 1. The molecular formula is C18H21N3O5S. The van der Waals surface area contributed by atoms with E-state index in [0.29, 0.717) is 11.3 Å². The van der Waals surface area contributed by atoms with Crippen LogP contribution in [0.15, 0.2) is 48.8 Å². The number of benzene rings is 1. The molecule has 0 saturated heterocycles. The van der Waals surface area contributed by atoms with Crippen LogP contribution in [0.3, 0.4) is 0 Å². The van der Waals surface area contributed by atoms with Gasteiger partial charge in [0.05, 0.1) is 18.9 Å². The molecule has 0 atom stereocenters. The minimum absolute atomic E-state index is 0.00307. The molecule has 144 valence electrons. The first-order valence-corrected chi connectivity index (χ1v) is 9.96. The number of pyridine rings is 1. The predicted octanol–water partition coefficient (Wildman–Crippen LogP) is 1.66. The molecule has 0 radical (unpaired) electrons. The molecule has 0 aliphatic carbocycles. The molecule has 2 aromatic rings. The summed E-state index contributed by atoms with van der Waals surface area (Å²) in [7, 11) is -2.18. The van der Waals surface area contributed by atoms with E-state index in [0.717, 1.165) is 11.8 Å². The zero-order valence-corrected chi connectivity index (χ0v) is 15.9. The number of hydrogen-bond donors (Lipinski definition) is 1. The topological polar surface area (TPSA) is 106 Å². The number of carbonyl (C=O) groups excluding carboxylic acids is 2. The fourth-order valence-corrected chi connectivity index (χ4v) is 3.12. The number of amides is 1. The van der Waals surface area contributed by atoms with Crippen LogP contribution in [0.1, 0.15) is 22.3 Å². The number of esters is 1. The average molecular weight is 391 g/mol. The van der Waals surface area contributed by atoms with Gasteiger partial charge >= 0.3 is 5.97 Å². The molecule has 1 amide bonds. The lowest BCUT2D eigenvalue weighted by molar-refractivity contribution is -0.116. The summed E-state index contributed by atoms with van der Waals surface area (Å²) in [6.07, 6.45) is 4.27. The molecule has 0 aliphatic rings. The molecule has 27 heavy (non-hydrogen) atoms. The predicted molar refractivity (Wildman–Crippen MR) is 101 cm³/mol. The van der Waals surface area contributed by atoms with Crippen LogP contribution >= 0.6 is 0 Å². The van der Waals surface area contributed by atoms with Gasteiger partial charge in [0, 0.05) is 37.6 Å². The van der Waals surface area contributed by atoms with E-state index < -0.39 is 16.0 Å². The Kier molecular flexibility index (Phi) is 7.03. The van der Waals surface area contributed by atoms with E-state index in [9.17, 15) is 18.0 Å². The van der Waals surface area contributed by atoms with Crippen molar-refractivity contribution in [2.24, 2.45) is 0 Å². The molecule has 0 bridgehead atoms. The largest absolute Gasteiger partial charge is 0.465 e. The zero-order chi connectivity index (χ0) is 19.9. The summed E-state index contributed by atoms with van der Waals surface area (Å²) in [5.74, 6) is -0.794. The van der Waals surface area contributed by atoms with Gasteiger partial charge in [0.2, 0.25) is 15.9 Å². The Morgan fingerprint density at radius 2 is 1.74 bits per heavy atom. The Balaban J connectivity index is 1.94. The molecule has 0 aliphatic heterocycles. The van der Waals surface area contributed by atoms with Gasteiger partial charge in [-0.2, -0.15) is 4.31 Å². The van der Waals surface area contributed by atoms with Crippen LogP contribution in [-0.2, 0) is 26.1 Å². The second kappa shape index (κ2) is 9.24. The minimum atomic E-state index is -3.47. The van der Waals surface area contributed by atoms with E-state index in [4.69, 9.17) is 0 Å². The molecule has 8 nitrogen and oxygen atoms in total. The molecule has 9 heteroatoms. The standard InChI is InChI=1S/C18H21N3O5S/c1-26-18(23)15-3-5-16(6-4-15)20-17(22)9-12-21(27(2,24)25)13-14-7-10-19-11-8-14/h3-8,10-11H,9,12-13H2,1-2H3,(H,20,22). The SMILES string of the molecule is COC(=O)c1ccc(NC(=O)CCN(Cc2ccncc2)S(C)(=O)=O)cc1. The number of methoxy groups -OCH3 is 1. The summed E-state index contributed by atoms with van der Waals surface area (Å²) in [6.45, 7) is 0.218. The van der Waals surface area contributed by atoms with Crippen molar-refractivity contribution >= 4 is 27.6 Å². The third kappa shape index (κ3) is 6.46. The van der Waals surface area contributed by atoms with E-state index in [-0.39, 0.29) is 25.4 Å². The van der Waals surface area contributed by atoms with Gasteiger partial charge < -0.3 is 10.1 Å². The van der Waals surface area contributed by atoms with Crippen molar-refractivity contribution in [3.05, 3.63) is 59.9 Å². The van der Waals surface area contributed by atoms with Gasteiger partial charge in [-0.05, 0) is 42.0 Å². The molecule has 1 N–H and O–H groups in total. The summed E-state index contributed by atoms with van der Waals surface area (Å²) in [5, 5.41) is 2.67. The van der Waals surface area contributed by atoms with Crippen LogP contribution in [0.5, 0.6) is 0 Å². The highest BCUT2D eigenvalue weighted by atomic mass is 32.2. The molecule has 1 aromatic heterocycles. The molecule has 0 spiro atoms. The molecule has 2 rings (SSSR count). The van der Waals surface area contributed by atoms with Gasteiger partial charge in [-0.1, -0.05) is 0 Å². The lowest BCUT2D eigenvalue weighted by atomic mass is 10.2. The first-order valence-electron chi connectivity index (χ1n) is 8.12. The summed E-state index contributed by atoms with van der Waals surface area (Å²) in [4.78, 5) is 27.4. The average Bonchev–Trinajstić information content (AvgIpc) is 2.65. The number of nitrogens with zero attached hydrogens (tertiary/aromatic N) is 2. The number of carbonyl (C=O) groups is 2. The zero-order valence-electron chi connectivity index (χ0n) is 15.1. The number of rotatable bonds is 8. The van der Waals surface area contributed by atoms with Crippen molar-refractivity contribution < 1.29 is 22.7 Å². The van der Waals surface area contributed by atoms with Crippen molar-refractivity contribution in [1.82, 2.24) is 9.29 Å². The molecular weight excluding hydrogens is 370 g/mol. The lowest BCUT2D eigenvalue weighted by Gasteiger charge is -2.19. The summed E-state index contributed by atoms with van der Waals surface area (Å²) in [5.41, 5.74) is 1.66. The molecule has 1 aromatic carbocycles. The summed E-state index contributed by atoms with van der Waals surface area (Å²) >= 11 is 0. The number of sulfonamides is 1. The number of anilines is 1. The van der Waals surface area contributed by atoms with Crippen molar-refractivity contribution in [2.75, 3.05) is 25.2 Å². The Labute approximate surface area is 158 Å². The van der Waals surface area contributed by atoms with Crippen molar-refractivity contribution in [3.8, 4) is 0 Å². The Morgan fingerprint density at radius 1 is 1.11 bits per heavy atom. The number of aromatic nitrogens is 1. The van der Waals surface area contributed by atoms with E-state index in [1.54, 1.807) is 36.7 Å². The molecule has 1 heterocycles. The molecule has 0 fully saturated rings. The van der Waals surface area contributed by atoms with E-state index in [1.807, 2.05) is 0 Å². The third-order valence-corrected chi connectivity index (χ3v) is 5.01. The van der Waals surface area contributed by atoms with Crippen molar-refractivity contribution in [2.45, 2.75) is 13.0 Å². The summed E-state index contributed by atoms with van der Waals surface area (Å²) in [6, 6.07) is 9.68. The van der Waals surface area contributed by atoms with Gasteiger partial charge in [0.15, 0.2) is 0 Å². The van der Waals surface area contributed by atoms with Crippen LogP contribution in [0.2, 0.25) is 0 Å². The van der Waals surface area contributed by atoms with Crippen LogP contribution in [-0.4, -0.2) is 49.5 Å². The lowest BCUT2D eigenvalue weighted by Crippen LogP contribution is -2.32. The first-order chi connectivity index (χ1) is 12.8. The quantitative estimate of drug-likeness (QED) is 0.686. The van der Waals surface area contributed by atoms with Crippen LogP contribution in [0.25, 0.3) is 0 Å². The molecule has 0 saturated carbocycles. The highest BCUT2D eigenvalue weighted by Gasteiger charge is 2.18. The monoisotopic (exact) mass is 391 g/mol. The van der Waals surface area contributed by atoms with Gasteiger partial charge in [0.25, 0.3) is 0 Å². The van der Waals surface area contributed by atoms with E-state index in [2.05, 4.69) is 15.0 Å².